The van der Waals surface area contributed by atoms with Gasteiger partial charge in [-0.3, -0.25) is 0 Å². The lowest BCUT2D eigenvalue weighted by Crippen LogP contribution is -1.87. The van der Waals surface area contributed by atoms with Gasteiger partial charge in [0.1, 0.15) is 17.3 Å². The van der Waals surface area contributed by atoms with Crippen LogP contribution in [0.5, 0.6) is 11.5 Å². The molecule has 0 amide bonds. The lowest BCUT2D eigenvalue weighted by atomic mass is 10.1. The van der Waals surface area contributed by atoms with Gasteiger partial charge in [0.25, 0.3) is 0 Å². The van der Waals surface area contributed by atoms with Crippen molar-refractivity contribution in [1.29, 1.82) is 0 Å². The highest BCUT2D eigenvalue weighted by atomic mass is 19.1. The molecule has 0 aliphatic heterocycles. The number of ether oxygens (including phenoxy) is 1. The molecule has 0 aliphatic carbocycles. The molecule has 2 rings (SSSR count). The van der Waals surface area contributed by atoms with Crippen LogP contribution in [0.2, 0.25) is 0 Å². The van der Waals surface area contributed by atoms with Crippen LogP contribution in [0.4, 0.5) is 4.39 Å². The number of terminal acetylenes is 1. The van der Waals surface area contributed by atoms with Crippen LogP contribution in [0.1, 0.15) is 5.56 Å². The quantitative estimate of drug-likeness (QED) is 0.723. The second kappa shape index (κ2) is 5.18. The molecule has 0 spiro atoms. The van der Waals surface area contributed by atoms with Gasteiger partial charge in [-0.15, -0.1) is 12.3 Å². The summed E-state index contributed by atoms with van der Waals surface area (Å²) in [7, 11) is 0. The van der Waals surface area contributed by atoms with Crippen LogP contribution in [-0.4, -0.2) is 0 Å². The van der Waals surface area contributed by atoms with E-state index in [0.29, 0.717) is 17.9 Å². The Labute approximate surface area is 99.9 Å². The fraction of sp³-hybridized carbons (Fsp3) is 0.0667. The van der Waals surface area contributed by atoms with Gasteiger partial charge in [-0.1, -0.05) is 12.1 Å². The minimum absolute atomic E-state index is 0.279. The molecule has 0 bridgehead atoms. The van der Waals surface area contributed by atoms with Crippen LogP contribution < -0.4 is 4.74 Å². The van der Waals surface area contributed by atoms with Crippen LogP contribution in [-0.2, 0) is 6.42 Å². The van der Waals surface area contributed by atoms with E-state index in [1.54, 1.807) is 12.1 Å². The van der Waals surface area contributed by atoms with Gasteiger partial charge in [0, 0.05) is 6.42 Å². The van der Waals surface area contributed by atoms with Crippen LogP contribution in [0.3, 0.4) is 0 Å². The van der Waals surface area contributed by atoms with E-state index >= 15 is 0 Å². The van der Waals surface area contributed by atoms with Crippen molar-refractivity contribution in [2.24, 2.45) is 0 Å². The van der Waals surface area contributed by atoms with Gasteiger partial charge in [-0.05, 0) is 42.0 Å². The van der Waals surface area contributed by atoms with Gasteiger partial charge in [0.2, 0.25) is 0 Å². The molecule has 0 aliphatic rings. The van der Waals surface area contributed by atoms with Crippen molar-refractivity contribution < 1.29 is 9.13 Å². The van der Waals surface area contributed by atoms with Crippen molar-refractivity contribution in [1.82, 2.24) is 0 Å². The molecule has 17 heavy (non-hydrogen) atoms. The Hall–Kier alpha value is -2.27. The Morgan fingerprint density at radius 3 is 2.53 bits per heavy atom. The van der Waals surface area contributed by atoms with Gasteiger partial charge >= 0.3 is 0 Å². The first-order valence-corrected chi connectivity index (χ1v) is 5.24. The summed E-state index contributed by atoms with van der Waals surface area (Å²) < 4.78 is 18.3. The first-order chi connectivity index (χ1) is 8.28. The molecular weight excluding hydrogens is 215 g/mol. The van der Waals surface area contributed by atoms with E-state index in [2.05, 4.69) is 5.92 Å². The summed E-state index contributed by atoms with van der Waals surface area (Å²) in [6, 6.07) is 13.4. The summed E-state index contributed by atoms with van der Waals surface area (Å²) >= 11 is 0. The van der Waals surface area contributed by atoms with Crippen molar-refractivity contribution in [3.05, 3.63) is 59.9 Å². The number of benzene rings is 2. The Morgan fingerprint density at radius 2 is 1.82 bits per heavy atom. The summed E-state index contributed by atoms with van der Waals surface area (Å²) in [6.07, 6.45) is 5.82. The number of halogens is 1. The van der Waals surface area contributed by atoms with Crippen LogP contribution in [0.15, 0.2) is 48.5 Å². The van der Waals surface area contributed by atoms with E-state index < -0.39 is 0 Å². The Balaban J connectivity index is 2.16. The third-order valence-corrected chi connectivity index (χ3v) is 2.25. The number of hydrogen-bond acceptors (Lipinski definition) is 1. The smallest absolute Gasteiger partial charge is 0.127 e. The monoisotopic (exact) mass is 226 g/mol. The Kier molecular flexibility index (Phi) is 3.42. The SMILES string of the molecule is C#CCc1cccc(Oc2ccc(F)cc2)c1. The second-order valence-electron chi connectivity index (χ2n) is 3.58. The van der Waals surface area contributed by atoms with Crippen molar-refractivity contribution >= 4 is 0 Å². The second-order valence-corrected chi connectivity index (χ2v) is 3.58. The molecule has 0 radical (unpaired) electrons. The zero-order valence-electron chi connectivity index (χ0n) is 9.19. The summed E-state index contributed by atoms with van der Waals surface area (Å²) in [6.45, 7) is 0. The third-order valence-electron chi connectivity index (χ3n) is 2.25. The van der Waals surface area contributed by atoms with Gasteiger partial charge in [0.15, 0.2) is 0 Å². The van der Waals surface area contributed by atoms with Gasteiger partial charge in [-0.25, -0.2) is 4.39 Å². The maximum absolute atomic E-state index is 12.7. The summed E-state index contributed by atoms with van der Waals surface area (Å²) in [5.41, 5.74) is 1.02. The highest BCUT2D eigenvalue weighted by Gasteiger charge is 1.99. The zero-order valence-corrected chi connectivity index (χ0v) is 9.19. The minimum atomic E-state index is -0.279. The third kappa shape index (κ3) is 3.09. The van der Waals surface area contributed by atoms with Gasteiger partial charge in [0.05, 0.1) is 0 Å². The van der Waals surface area contributed by atoms with Gasteiger partial charge in [-0.2, -0.15) is 0 Å². The molecule has 2 aromatic rings. The van der Waals surface area contributed by atoms with Crippen molar-refractivity contribution in [3.63, 3.8) is 0 Å². The lowest BCUT2D eigenvalue weighted by molar-refractivity contribution is 0.480. The molecule has 0 heterocycles. The molecule has 0 N–H and O–H groups in total. The van der Waals surface area contributed by atoms with Crippen molar-refractivity contribution in [2.45, 2.75) is 6.42 Å². The van der Waals surface area contributed by atoms with Crippen LogP contribution in [0, 0.1) is 18.2 Å². The van der Waals surface area contributed by atoms with E-state index in [1.807, 2.05) is 24.3 Å². The first kappa shape index (κ1) is 11.2. The normalized spacial score (nSPS) is 9.65. The van der Waals surface area contributed by atoms with E-state index in [-0.39, 0.29) is 5.82 Å². The Bertz CT molecular complexity index is 538. The fourth-order valence-corrected chi connectivity index (χ4v) is 1.48. The van der Waals surface area contributed by atoms with E-state index in [9.17, 15) is 4.39 Å². The molecule has 0 atom stereocenters. The van der Waals surface area contributed by atoms with E-state index in [4.69, 9.17) is 11.2 Å². The van der Waals surface area contributed by atoms with E-state index in [0.717, 1.165) is 5.56 Å². The topological polar surface area (TPSA) is 9.23 Å². The number of hydrogen-bond donors (Lipinski definition) is 0. The Morgan fingerprint density at radius 1 is 1.06 bits per heavy atom. The number of rotatable bonds is 3. The molecule has 1 nitrogen and oxygen atoms in total. The first-order valence-electron chi connectivity index (χ1n) is 5.24. The molecule has 2 aromatic carbocycles. The molecule has 2 heteroatoms. The minimum Gasteiger partial charge on any atom is -0.457 e. The highest BCUT2D eigenvalue weighted by molar-refractivity contribution is 5.35. The summed E-state index contributed by atoms with van der Waals surface area (Å²) in [4.78, 5) is 0. The van der Waals surface area contributed by atoms with Crippen molar-refractivity contribution in [2.75, 3.05) is 0 Å². The molecule has 0 saturated heterocycles. The maximum atomic E-state index is 12.7. The van der Waals surface area contributed by atoms with Crippen LogP contribution >= 0.6 is 0 Å². The summed E-state index contributed by atoms with van der Waals surface area (Å²) in [5, 5.41) is 0. The summed E-state index contributed by atoms with van der Waals surface area (Å²) in [5.74, 6) is 3.60. The van der Waals surface area contributed by atoms with Gasteiger partial charge < -0.3 is 4.74 Å². The molecule has 84 valence electrons. The van der Waals surface area contributed by atoms with Crippen LogP contribution in [0.25, 0.3) is 0 Å². The largest absolute Gasteiger partial charge is 0.457 e. The predicted octanol–water partition coefficient (Wildman–Crippen LogP) is 3.79. The molecular formula is C15H11FO. The molecule has 0 fully saturated rings. The molecule has 0 aromatic heterocycles. The lowest BCUT2D eigenvalue weighted by Gasteiger charge is -2.06. The zero-order chi connectivity index (χ0) is 12.1. The average Bonchev–Trinajstić information content (AvgIpc) is 2.33. The van der Waals surface area contributed by atoms with Crippen molar-refractivity contribution in [3.8, 4) is 23.8 Å². The molecule has 0 unspecified atom stereocenters. The predicted molar refractivity (Wildman–Crippen MR) is 65.5 cm³/mol. The van der Waals surface area contributed by atoms with E-state index in [1.165, 1.54) is 12.1 Å². The maximum Gasteiger partial charge on any atom is 0.127 e. The highest BCUT2D eigenvalue weighted by Crippen LogP contribution is 2.22. The molecule has 0 saturated carbocycles. The average molecular weight is 226 g/mol. The standard InChI is InChI=1S/C15H11FO/c1-2-4-12-5-3-6-15(11-12)17-14-9-7-13(16)8-10-14/h1,3,5-11H,4H2. The fourth-order valence-electron chi connectivity index (χ4n) is 1.48.